The lowest BCUT2D eigenvalue weighted by atomic mass is 10.1. The van der Waals surface area contributed by atoms with Gasteiger partial charge in [0.05, 0.1) is 0 Å². The van der Waals surface area contributed by atoms with Crippen LogP contribution < -0.4 is 10.2 Å². The topological polar surface area (TPSA) is 41.0 Å². The highest BCUT2D eigenvalue weighted by Crippen LogP contribution is 2.25. The molecule has 0 spiro atoms. The van der Waals surface area contributed by atoms with Crippen molar-refractivity contribution < 1.29 is 0 Å². The van der Waals surface area contributed by atoms with Crippen LogP contribution in [0, 0.1) is 13.8 Å². The molecule has 0 saturated carbocycles. The quantitative estimate of drug-likeness (QED) is 0.699. The number of aryl methyl sites for hydroxylation is 2. The van der Waals surface area contributed by atoms with Crippen molar-refractivity contribution in [2.75, 3.05) is 16.8 Å². The minimum Gasteiger partial charge on any atom is -0.366 e. The fourth-order valence-corrected chi connectivity index (χ4v) is 2.88. The maximum absolute atomic E-state index is 4.63. The van der Waals surface area contributed by atoms with Gasteiger partial charge in [0.1, 0.15) is 17.5 Å². The van der Waals surface area contributed by atoms with Crippen molar-refractivity contribution in [2.24, 2.45) is 0 Å². The fraction of sp³-hybridized carbons (Fsp3) is 0.238. The van der Waals surface area contributed by atoms with Crippen molar-refractivity contribution in [3.05, 3.63) is 77.6 Å². The molecular formula is C21H24N4. The maximum Gasteiger partial charge on any atom is 0.138 e. The van der Waals surface area contributed by atoms with E-state index in [1.54, 1.807) is 0 Å². The SMILES string of the molecule is CCN(c1ccccc1)c1cc(NCc2cccc(C)c2)nc(C)n1. The smallest absolute Gasteiger partial charge is 0.138 e. The molecule has 0 amide bonds. The van der Waals surface area contributed by atoms with Crippen LogP contribution in [0.2, 0.25) is 0 Å². The predicted molar refractivity (Wildman–Crippen MR) is 104 cm³/mol. The Morgan fingerprint density at radius 3 is 2.44 bits per heavy atom. The van der Waals surface area contributed by atoms with Gasteiger partial charge < -0.3 is 10.2 Å². The van der Waals surface area contributed by atoms with Crippen LogP contribution in [0.3, 0.4) is 0 Å². The standard InChI is InChI=1S/C21H24N4/c1-4-25(19-11-6-5-7-12-19)21-14-20(23-17(3)24-21)22-15-18-10-8-9-16(2)13-18/h5-14H,4,15H2,1-3H3,(H,22,23,24). The molecule has 0 fully saturated rings. The number of para-hydroxylation sites is 1. The summed E-state index contributed by atoms with van der Waals surface area (Å²) in [4.78, 5) is 11.3. The Morgan fingerprint density at radius 2 is 1.72 bits per heavy atom. The van der Waals surface area contributed by atoms with Crippen LogP contribution in [-0.2, 0) is 6.54 Å². The van der Waals surface area contributed by atoms with Crippen LogP contribution in [0.15, 0.2) is 60.7 Å². The molecule has 1 N–H and O–H groups in total. The lowest BCUT2D eigenvalue weighted by molar-refractivity contribution is 0.946. The van der Waals surface area contributed by atoms with Crippen molar-refractivity contribution in [1.29, 1.82) is 0 Å². The molecule has 2 aromatic carbocycles. The van der Waals surface area contributed by atoms with Gasteiger partial charge in [0, 0.05) is 24.8 Å². The molecule has 25 heavy (non-hydrogen) atoms. The summed E-state index contributed by atoms with van der Waals surface area (Å²) < 4.78 is 0. The summed E-state index contributed by atoms with van der Waals surface area (Å²) in [5.74, 6) is 2.52. The molecule has 4 nitrogen and oxygen atoms in total. The van der Waals surface area contributed by atoms with E-state index in [9.17, 15) is 0 Å². The van der Waals surface area contributed by atoms with Crippen molar-refractivity contribution in [3.63, 3.8) is 0 Å². The minimum absolute atomic E-state index is 0.745. The second-order valence-electron chi connectivity index (χ2n) is 6.08. The van der Waals surface area contributed by atoms with E-state index in [1.807, 2.05) is 31.2 Å². The van der Waals surface area contributed by atoms with E-state index in [-0.39, 0.29) is 0 Å². The van der Waals surface area contributed by atoms with Crippen molar-refractivity contribution >= 4 is 17.3 Å². The van der Waals surface area contributed by atoms with Gasteiger partial charge in [-0.15, -0.1) is 0 Å². The van der Waals surface area contributed by atoms with E-state index in [4.69, 9.17) is 0 Å². The van der Waals surface area contributed by atoms with Crippen LogP contribution in [-0.4, -0.2) is 16.5 Å². The Hall–Kier alpha value is -2.88. The summed E-state index contributed by atoms with van der Waals surface area (Å²) in [6.45, 7) is 7.76. The highest BCUT2D eigenvalue weighted by atomic mass is 15.2. The fourth-order valence-electron chi connectivity index (χ4n) is 2.88. The number of nitrogens with zero attached hydrogens (tertiary/aromatic N) is 3. The van der Waals surface area contributed by atoms with Crippen LogP contribution in [0.25, 0.3) is 0 Å². The minimum atomic E-state index is 0.745. The normalized spacial score (nSPS) is 10.5. The first-order valence-corrected chi connectivity index (χ1v) is 8.63. The highest BCUT2D eigenvalue weighted by molar-refractivity contribution is 5.62. The molecule has 4 heteroatoms. The summed E-state index contributed by atoms with van der Waals surface area (Å²) in [6, 6.07) is 20.8. The van der Waals surface area contributed by atoms with E-state index in [1.165, 1.54) is 11.1 Å². The van der Waals surface area contributed by atoms with E-state index < -0.39 is 0 Å². The molecule has 0 atom stereocenters. The van der Waals surface area contributed by atoms with Crippen LogP contribution in [0.5, 0.6) is 0 Å². The van der Waals surface area contributed by atoms with Gasteiger partial charge in [-0.1, -0.05) is 48.0 Å². The van der Waals surface area contributed by atoms with Gasteiger partial charge in [0.2, 0.25) is 0 Å². The van der Waals surface area contributed by atoms with Crippen LogP contribution in [0.4, 0.5) is 17.3 Å². The predicted octanol–water partition coefficient (Wildman–Crippen LogP) is 4.86. The molecule has 1 aromatic heterocycles. The molecular weight excluding hydrogens is 308 g/mol. The molecule has 3 aromatic rings. The molecule has 0 saturated heterocycles. The molecule has 1 heterocycles. The molecule has 0 bridgehead atoms. The first kappa shape index (κ1) is 17.0. The first-order valence-electron chi connectivity index (χ1n) is 8.63. The zero-order chi connectivity index (χ0) is 17.6. The van der Waals surface area contributed by atoms with Gasteiger partial charge in [-0.05, 0) is 38.5 Å². The summed E-state index contributed by atoms with van der Waals surface area (Å²) in [6.07, 6.45) is 0. The van der Waals surface area contributed by atoms with Gasteiger partial charge in [-0.3, -0.25) is 0 Å². The lowest BCUT2D eigenvalue weighted by Gasteiger charge is -2.23. The van der Waals surface area contributed by atoms with E-state index >= 15 is 0 Å². The zero-order valence-electron chi connectivity index (χ0n) is 15.0. The molecule has 0 aliphatic rings. The Bertz CT molecular complexity index is 830. The molecule has 0 aliphatic heterocycles. The molecule has 3 rings (SSSR count). The van der Waals surface area contributed by atoms with Gasteiger partial charge >= 0.3 is 0 Å². The summed E-state index contributed by atoms with van der Waals surface area (Å²) in [7, 11) is 0. The van der Waals surface area contributed by atoms with E-state index in [0.717, 1.165) is 36.2 Å². The molecule has 128 valence electrons. The van der Waals surface area contributed by atoms with Crippen molar-refractivity contribution in [3.8, 4) is 0 Å². The number of anilines is 3. The summed E-state index contributed by atoms with van der Waals surface area (Å²) in [5, 5.41) is 3.42. The Kier molecular flexibility index (Phi) is 5.29. The summed E-state index contributed by atoms with van der Waals surface area (Å²) >= 11 is 0. The average molecular weight is 332 g/mol. The first-order chi connectivity index (χ1) is 12.2. The zero-order valence-corrected chi connectivity index (χ0v) is 15.0. The second kappa shape index (κ2) is 7.79. The number of rotatable bonds is 6. The third-order valence-electron chi connectivity index (χ3n) is 4.04. The summed E-state index contributed by atoms with van der Waals surface area (Å²) in [5.41, 5.74) is 3.64. The van der Waals surface area contributed by atoms with Gasteiger partial charge in [0.15, 0.2) is 0 Å². The largest absolute Gasteiger partial charge is 0.366 e. The number of aromatic nitrogens is 2. The van der Waals surface area contributed by atoms with Gasteiger partial charge in [0.25, 0.3) is 0 Å². The third-order valence-corrected chi connectivity index (χ3v) is 4.04. The van der Waals surface area contributed by atoms with Crippen molar-refractivity contribution in [1.82, 2.24) is 9.97 Å². The van der Waals surface area contributed by atoms with Gasteiger partial charge in [-0.25, -0.2) is 9.97 Å². The Morgan fingerprint density at radius 1 is 0.920 bits per heavy atom. The average Bonchev–Trinajstić information content (AvgIpc) is 2.61. The van der Waals surface area contributed by atoms with E-state index in [2.05, 4.69) is 70.4 Å². The number of hydrogen-bond donors (Lipinski definition) is 1. The van der Waals surface area contributed by atoms with Crippen LogP contribution in [0.1, 0.15) is 23.9 Å². The molecule has 0 unspecified atom stereocenters. The number of hydrogen-bond acceptors (Lipinski definition) is 4. The van der Waals surface area contributed by atoms with Crippen molar-refractivity contribution in [2.45, 2.75) is 27.3 Å². The molecule has 0 aliphatic carbocycles. The van der Waals surface area contributed by atoms with Crippen LogP contribution >= 0.6 is 0 Å². The highest BCUT2D eigenvalue weighted by Gasteiger charge is 2.11. The Balaban J connectivity index is 1.82. The third kappa shape index (κ3) is 4.35. The molecule has 0 radical (unpaired) electrons. The van der Waals surface area contributed by atoms with E-state index in [0.29, 0.717) is 0 Å². The monoisotopic (exact) mass is 332 g/mol. The lowest BCUT2D eigenvalue weighted by Crippen LogP contribution is -2.18. The maximum atomic E-state index is 4.63. The Labute approximate surface area is 149 Å². The number of nitrogens with one attached hydrogen (secondary N) is 1. The second-order valence-corrected chi connectivity index (χ2v) is 6.08. The number of benzene rings is 2. The van der Waals surface area contributed by atoms with Gasteiger partial charge in [-0.2, -0.15) is 0 Å².